The van der Waals surface area contributed by atoms with Crippen LogP contribution in [0.5, 0.6) is 0 Å². The molecule has 0 aliphatic carbocycles. The van der Waals surface area contributed by atoms with E-state index in [0.717, 1.165) is 5.56 Å². The lowest BCUT2D eigenvalue weighted by molar-refractivity contribution is 0.493. The number of hydrogen-bond donors (Lipinski definition) is 0. The average Bonchev–Trinajstić information content (AvgIpc) is 2.96. The van der Waals surface area contributed by atoms with Gasteiger partial charge >= 0.3 is 0 Å². The van der Waals surface area contributed by atoms with Crippen LogP contribution in [-0.2, 0) is 15.4 Å². The lowest BCUT2D eigenvalue weighted by Gasteiger charge is -2.26. The molecule has 0 amide bonds. The van der Waals surface area contributed by atoms with Gasteiger partial charge in [0, 0.05) is 24.2 Å². The van der Waals surface area contributed by atoms with Gasteiger partial charge in [-0.2, -0.15) is 5.10 Å². The van der Waals surface area contributed by atoms with Gasteiger partial charge < -0.3 is 0 Å². The quantitative estimate of drug-likeness (QED) is 0.796. The summed E-state index contributed by atoms with van der Waals surface area (Å²) in [7, 11) is -3.70. The molecule has 0 saturated carbocycles. The number of hydrogen-bond acceptors (Lipinski definition) is 3. The monoisotopic (exact) mass is 363 g/mol. The minimum Gasteiger partial charge on any atom is -0.269 e. The van der Waals surface area contributed by atoms with Crippen LogP contribution in [-0.4, -0.2) is 24.7 Å². The van der Waals surface area contributed by atoms with E-state index in [-0.39, 0.29) is 11.5 Å². The summed E-state index contributed by atoms with van der Waals surface area (Å²) in [6, 6.07) is 7.65. The molecule has 1 aromatic heterocycles. The van der Waals surface area contributed by atoms with Crippen LogP contribution in [0.1, 0.15) is 58.8 Å². The molecule has 0 aliphatic rings. The summed E-state index contributed by atoms with van der Waals surface area (Å²) < 4.78 is 30.2. The number of aromatic nitrogens is 2. The number of nitrogens with zero attached hydrogens (tertiary/aromatic N) is 3. The van der Waals surface area contributed by atoms with E-state index in [1.54, 1.807) is 10.9 Å². The third kappa shape index (κ3) is 3.73. The molecule has 0 N–H and O–H groups in total. The van der Waals surface area contributed by atoms with Gasteiger partial charge in [-0.1, -0.05) is 39.0 Å². The second kappa shape index (κ2) is 6.83. The van der Waals surface area contributed by atoms with Gasteiger partial charge in [0.2, 0.25) is 0 Å². The van der Waals surface area contributed by atoms with Crippen LogP contribution in [0.15, 0.2) is 35.4 Å². The number of sulfonamides is 1. The Morgan fingerprint density at radius 2 is 1.80 bits per heavy atom. The van der Waals surface area contributed by atoms with E-state index in [0.29, 0.717) is 22.8 Å². The maximum atomic E-state index is 13.5. The molecule has 0 atom stereocenters. The molecule has 0 fully saturated rings. The number of para-hydroxylation sites is 1. The zero-order valence-electron chi connectivity index (χ0n) is 16.2. The molecular formula is C19H29N3O2S. The molecule has 6 heteroatoms. The summed E-state index contributed by atoms with van der Waals surface area (Å²) in [6.07, 6.45) is 1.67. The minimum absolute atomic E-state index is 0.0959. The van der Waals surface area contributed by atoms with Crippen molar-refractivity contribution >= 4 is 15.7 Å². The summed E-state index contributed by atoms with van der Waals surface area (Å²) >= 11 is 0. The zero-order chi connectivity index (χ0) is 19.0. The number of anilines is 1. The molecule has 5 nitrogen and oxygen atoms in total. The number of benzene rings is 1. The molecule has 2 rings (SSSR count). The van der Waals surface area contributed by atoms with E-state index in [1.165, 1.54) is 4.31 Å². The molecule has 1 heterocycles. The van der Waals surface area contributed by atoms with Gasteiger partial charge in [0.25, 0.3) is 10.0 Å². The van der Waals surface area contributed by atoms with E-state index in [9.17, 15) is 8.42 Å². The summed E-state index contributed by atoms with van der Waals surface area (Å²) in [4.78, 5) is 0.291. The van der Waals surface area contributed by atoms with Crippen LogP contribution in [0, 0.1) is 6.92 Å². The largest absolute Gasteiger partial charge is 0.269 e. The topological polar surface area (TPSA) is 55.2 Å². The van der Waals surface area contributed by atoms with Crippen LogP contribution in [0.2, 0.25) is 0 Å². The molecule has 138 valence electrons. The summed E-state index contributed by atoms with van der Waals surface area (Å²) in [5.41, 5.74) is 1.88. The van der Waals surface area contributed by atoms with Crippen LogP contribution >= 0.6 is 0 Å². The van der Waals surface area contributed by atoms with Crippen LogP contribution in [0.3, 0.4) is 0 Å². The van der Waals surface area contributed by atoms with Gasteiger partial charge in [0.05, 0.1) is 11.4 Å². The fraction of sp³-hybridized carbons (Fsp3) is 0.526. The summed E-state index contributed by atoms with van der Waals surface area (Å²) in [5.74, 6) is 0. The predicted molar refractivity (Wildman–Crippen MR) is 103 cm³/mol. The molecule has 0 saturated heterocycles. The first kappa shape index (κ1) is 19.5. The lowest BCUT2D eigenvalue weighted by Crippen LogP contribution is -2.32. The molecule has 0 bridgehead atoms. The Kier molecular flexibility index (Phi) is 5.33. The summed E-state index contributed by atoms with van der Waals surface area (Å²) in [5, 5.41) is 4.59. The van der Waals surface area contributed by atoms with Gasteiger partial charge in [-0.25, -0.2) is 8.42 Å². The number of aryl methyl sites for hydroxylation is 1. The van der Waals surface area contributed by atoms with Gasteiger partial charge in [-0.05, 0) is 39.3 Å². The third-order valence-corrected chi connectivity index (χ3v) is 6.07. The van der Waals surface area contributed by atoms with Crippen molar-refractivity contribution in [2.75, 3.05) is 10.8 Å². The highest BCUT2D eigenvalue weighted by Crippen LogP contribution is 2.33. The van der Waals surface area contributed by atoms with E-state index >= 15 is 0 Å². The maximum Gasteiger partial charge on any atom is 0.267 e. The molecule has 0 unspecified atom stereocenters. The Hall–Kier alpha value is -1.82. The fourth-order valence-electron chi connectivity index (χ4n) is 2.78. The smallest absolute Gasteiger partial charge is 0.267 e. The average molecular weight is 364 g/mol. The fourth-order valence-corrected chi connectivity index (χ4v) is 4.65. The first-order chi connectivity index (χ1) is 11.5. The lowest BCUT2D eigenvalue weighted by atomic mass is 9.92. The molecule has 1 aromatic carbocycles. The Balaban J connectivity index is 2.68. The molecule has 25 heavy (non-hydrogen) atoms. The molecule has 2 aromatic rings. The van der Waals surface area contributed by atoms with Crippen molar-refractivity contribution in [1.29, 1.82) is 0 Å². The van der Waals surface area contributed by atoms with E-state index in [1.807, 2.05) is 72.7 Å². The van der Waals surface area contributed by atoms with Crippen LogP contribution < -0.4 is 4.31 Å². The SMILES string of the molecule is CCN(c1ccccc1C)S(=O)(=O)c1cn(C(C)C)nc1C(C)(C)C. The van der Waals surface area contributed by atoms with Crippen LogP contribution in [0.25, 0.3) is 0 Å². The Morgan fingerprint density at radius 3 is 2.28 bits per heavy atom. The predicted octanol–water partition coefficient (Wildman–Crippen LogP) is 4.29. The molecule has 0 aliphatic heterocycles. The third-order valence-electron chi connectivity index (χ3n) is 4.18. The van der Waals surface area contributed by atoms with Crippen molar-refractivity contribution in [3.8, 4) is 0 Å². The Labute approximate surface area is 151 Å². The van der Waals surface area contributed by atoms with Crippen molar-refractivity contribution < 1.29 is 8.42 Å². The second-order valence-corrected chi connectivity index (χ2v) is 9.45. The van der Waals surface area contributed by atoms with Crippen molar-refractivity contribution in [3.63, 3.8) is 0 Å². The minimum atomic E-state index is -3.70. The zero-order valence-corrected chi connectivity index (χ0v) is 17.1. The standard InChI is InChI=1S/C19H29N3O2S/c1-8-22(16-12-10-9-11-15(16)4)25(23,24)17-13-21(14(2)3)20-18(17)19(5,6)7/h9-14H,8H2,1-7H3. The highest BCUT2D eigenvalue weighted by atomic mass is 32.2. The van der Waals surface area contributed by atoms with E-state index < -0.39 is 10.0 Å². The molecule has 0 radical (unpaired) electrons. The maximum absolute atomic E-state index is 13.5. The van der Waals surface area contributed by atoms with Gasteiger partial charge in [-0.15, -0.1) is 0 Å². The highest BCUT2D eigenvalue weighted by molar-refractivity contribution is 7.92. The van der Waals surface area contributed by atoms with Gasteiger partial charge in [0.1, 0.15) is 4.90 Å². The van der Waals surface area contributed by atoms with Crippen molar-refractivity contribution in [3.05, 3.63) is 41.7 Å². The number of rotatable bonds is 5. The molecular weight excluding hydrogens is 334 g/mol. The normalized spacial score (nSPS) is 12.6. The first-order valence-electron chi connectivity index (χ1n) is 8.68. The highest BCUT2D eigenvalue weighted by Gasteiger charge is 2.34. The molecule has 0 spiro atoms. The van der Waals surface area contributed by atoms with Crippen molar-refractivity contribution in [1.82, 2.24) is 9.78 Å². The van der Waals surface area contributed by atoms with Gasteiger partial charge in [0.15, 0.2) is 0 Å². The van der Waals surface area contributed by atoms with E-state index in [2.05, 4.69) is 5.10 Å². The Bertz CT molecular complexity index is 846. The summed E-state index contributed by atoms with van der Waals surface area (Å²) in [6.45, 7) is 14.1. The van der Waals surface area contributed by atoms with Gasteiger partial charge in [-0.3, -0.25) is 8.99 Å². The van der Waals surface area contributed by atoms with E-state index in [4.69, 9.17) is 0 Å². The first-order valence-corrected chi connectivity index (χ1v) is 10.1. The van der Waals surface area contributed by atoms with Crippen molar-refractivity contribution in [2.24, 2.45) is 0 Å². The van der Waals surface area contributed by atoms with Crippen LogP contribution in [0.4, 0.5) is 5.69 Å². The van der Waals surface area contributed by atoms with Crippen molar-refractivity contribution in [2.45, 2.75) is 64.8 Å². The Morgan fingerprint density at radius 1 is 1.20 bits per heavy atom. The second-order valence-electron chi connectivity index (χ2n) is 7.62.